The summed E-state index contributed by atoms with van der Waals surface area (Å²) in [7, 11) is 0. The van der Waals surface area contributed by atoms with Crippen molar-refractivity contribution in [3.8, 4) is 0 Å². The molecular formula is C16H19BrN2O2. The van der Waals surface area contributed by atoms with Gasteiger partial charge in [0.1, 0.15) is 0 Å². The van der Waals surface area contributed by atoms with Crippen LogP contribution in [-0.4, -0.2) is 36.3 Å². The molecule has 0 spiro atoms. The first-order chi connectivity index (χ1) is 10.2. The zero-order chi connectivity index (χ0) is 15.1. The van der Waals surface area contributed by atoms with Crippen molar-refractivity contribution in [3.05, 3.63) is 40.4 Å². The maximum absolute atomic E-state index is 11.7. The molecule has 112 valence electrons. The maximum atomic E-state index is 11.7. The summed E-state index contributed by atoms with van der Waals surface area (Å²) >= 11 is 3.43. The summed E-state index contributed by atoms with van der Waals surface area (Å²) in [5.41, 5.74) is 0.968. The molecule has 0 bridgehead atoms. The van der Waals surface area contributed by atoms with Gasteiger partial charge in [0.05, 0.1) is 0 Å². The number of hydrogen-bond donors (Lipinski definition) is 1. The molecular weight excluding hydrogens is 332 g/mol. The Morgan fingerprint density at radius 1 is 1.38 bits per heavy atom. The quantitative estimate of drug-likeness (QED) is 0.633. The van der Waals surface area contributed by atoms with E-state index in [1.54, 1.807) is 6.08 Å². The lowest BCUT2D eigenvalue weighted by Gasteiger charge is -2.14. The summed E-state index contributed by atoms with van der Waals surface area (Å²) in [6.07, 6.45) is 5.73. The van der Waals surface area contributed by atoms with E-state index in [1.165, 1.54) is 6.08 Å². The van der Waals surface area contributed by atoms with Crippen LogP contribution in [-0.2, 0) is 9.59 Å². The summed E-state index contributed by atoms with van der Waals surface area (Å²) in [6, 6.07) is 7.73. The molecule has 2 amide bonds. The second kappa shape index (κ2) is 7.98. The highest BCUT2D eigenvalue weighted by Gasteiger charge is 2.18. The second-order valence-corrected chi connectivity index (χ2v) is 5.84. The third-order valence-corrected chi connectivity index (χ3v) is 4.12. The van der Waals surface area contributed by atoms with E-state index in [2.05, 4.69) is 21.2 Å². The smallest absolute Gasteiger partial charge is 0.244 e. The van der Waals surface area contributed by atoms with E-state index in [0.717, 1.165) is 36.0 Å². The highest BCUT2D eigenvalue weighted by atomic mass is 79.9. The van der Waals surface area contributed by atoms with E-state index in [-0.39, 0.29) is 11.8 Å². The summed E-state index contributed by atoms with van der Waals surface area (Å²) in [5, 5.41) is 2.83. The van der Waals surface area contributed by atoms with Crippen LogP contribution in [0.5, 0.6) is 0 Å². The molecule has 0 aliphatic carbocycles. The van der Waals surface area contributed by atoms with E-state index >= 15 is 0 Å². The number of amides is 2. The van der Waals surface area contributed by atoms with Crippen molar-refractivity contribution in [2.75, 3.05) is 19.6 Å². The van der Waals surface area contributed by atoms with Gasteiger partial charge in [-0.2, -0.15) is 0 Å². The first-order valence-electron chi connectivity index (χ1n) is 7.15. The molecule has 1 saturated heterocycles. The van der Waals surface area contributed by atoms with Crippen molar-refractivity contribution >= 4 is 33.8 Å². The first-order valence-corrected chi connectivity index (χ1v) is 7.94. The fourth-order valence-electron chi connectivity index (χ4n) is 2.26. The van der Waals surface area contributed by atoms with Gasteiger partial charge in [0.15, 0.2) is 0 Å². The monoisotopic (exact) mass is 350 g/mol. The van der Waals surface area contributed by atoms with E-state index in [4.69, 9.17) is 0 Å². The summed E-state index contributed by atoms with van der Waals surface area (Å²) < 4.78 is 0.960. The Morgan fingerprint density at radius 3 is 2.90 bits per heavy atom. The van der Waals surface area contributed by atoms with Crippen LogP contribution in [0.2, 0.25) is 0 Å². The zero-order valence-corrected chi connectivity index (χ0v) is 13.4. The number of nitrogens with one attached hydrogen (secondary N) is 1. The predicted molar refractivity (Wildman–Crippen MR) is 86.6 cm³/mol. The van der Waals surface area contributed by atoms with E-state index in [9.17, 15) is 9.59 Å². The van der Waals surface area contributed by atoms with Gasteiger partial charge in [-0.15, -0.1) is 0 Å². The lowest BCUT2D eigenvalue weighted by molar-refractivity contribution is -0.127. The molecule has 0 radical (unpaired) electrons. The molecule has 0 unspecified atom stereocenters. The molecule has 0 atom stereocenters. The first kappa shape index (κ1) is 15.8. The SMILES string of the molecule is O=C(/C=C/c1ccccc1Br)NCCCN1CCCC1=O. The fourth-order valence-corrected chi connectivity index (χ4v) is 2.67. The molecule has 0 aromatic heterocycles. The summed E-state index contributed by atoms with van der Waals surface area (Å²) in [4.78, 5) is 25.0. The molecule has 1 aromatic carbocycles. The van der Waals surface area contributed by atoms with E-state index in [0.29, 0.717) is 13.0 Å². The summed E-state index contributed by atoms with van der Waals surface area (Å²) in [6.45, 7) is 2.17. The van der Waals surface area contributed by atoms with Gasteiger partial charge in [0.2, 0.25) is 11.8 Å². The molecule has 1 N–H and O–H groups in total. The maximum Gasteiger partial charge on any atom is 0.244 e. The van der Waals surface area contributed by atoms with Gasteiger partial charge in [-0.05, 0) is 30.5 Å². The normalized spacial score (nSPS) is 14.9. The van der Waals surface area contributed by atoms with Crippen LogP contribution in [0.3, 0.4) is 0 Å². The van der Waals surface area contributed by atoms with Crippen LogP contribution in [0.1, 0.15) is 24.8 Å². The average molecular weight is 351 g/mol. The number of likely N-dealkylation sites (tertiary alicyclic amines) is 1. The molecule has 1 heterocycles. The average Bonchev–Trinajstić information content (AvgIpc) is 2.88. The minimum Gasteiger partial charge on any atom is -0.352 e. The number of halogens is 1. The Balaban J connectivity index is 1.68. The molecule has 1 aliphatic rings. The lowest BCUT2D eigenvalue weighted by atomic mass is 10.2. The van der Waals surface area contributed by atoms with Gasteiger partial charge in [0, 0.05) is 36.6 Å². The van der Waals surface area contributed by atoms with Gasteiger partial charge in [-0.25, -0.2) is 0 Å². The van der Waals surface area contributed by atoms with Crippen LogP contribution < -0.4 is 5.32 Å². The molecule has 0 saturated carbocycles. The molecule has 1 aliphatic heterocycles. The number of carbonyl (C=O) groups is 2. The Kier molecular flexibility index (Phi) is 5.99. The van der Waals surface area contributed by atoms with Crippen molar-refractivity contribution in [2.45, 2.75) is 19.3 Å². The lowest BCUT2D eigenvalue weighted by Crippen LogP contribution is -2.29. The van der Waals surface area contributed by atoms with Crippen LogP contribution in [0.25, 0.3) is 6.08 Å². The molecule has 5 heteroatoms. The highest BCUT2D eigenvalue weighted by Crippen LogP contribution is 2.16. The van der Waals surface area contributed by atoms with Gasteiger partial charge in [-0.3, -0.25) is 9.59 Å². The Hall–Kier alpha value is -1.62. The van der Waals surface area contributed by atoms with Gasteiger partial charge < -0.3 is 10.2 Å². The van der Waals surface area contributed by atoms with Crippen LogP contribution >= 0.6 is 15.9 Å². The Morgan fingerprint density at radius 2 is 2.19 bits per heavy atom. The van der Waals surface area contributed by atoms with Gasteiger partial charge >= 0.3 is 0 Å². The van der Waals surface area contributed by atoms with Crippen molar-refractivity contribution in [1.82, 2.24) is 10.2 Å². The molecule has 4 nitrogen and oxygen atoms in total. The van der Waals surface area contributed by atoms with Gasteiger partial charge in [-0.1, -0.05) is 34.1 Å². The third-order valence-electron chi connectivity index (χ3n) is 3.39. The number of rotatable bonds is 6. The highest BCUT2D eigenvalue weighted by molar-refractivity contribution is 9.10. The number of benzene rings is 1. The second-order valence-electron chi connectivity index (χ2n) is 4.98. The number of hydrogen-bond acceptors (Lipinski definition) is 2. The third kappa shape index (κ3) is 5.01. The van der Waals surface area contributed by atoms with Crippen LogP contribution in [0, 0.1) is 0 Å². The molecule has 21 heavy (non-hydrogen) atoms. The standard InChI is InChI=1S/C16H19BrN2O2/c17-14-6-2-1-5-13(14)8-9-15(20)18-10-4-12-19-11-3-7-16(19)21/h1-2,5-6,8-9H,3-4,7,10-12H2,(H,18,20)/b9-8+. The predicted octanol–water partition coefficient (Wildman–Crippen LogP) is 2.59. The van der Waals surface area contributed by atoms with E-state index < -0.39 is 0 Å². The largest absolute Gasteiger partial charge is 0.352 e. The van der Waals surface area contributed by atoms with Crippen molar-refractivity contribution in [3.63, 3.8) is 0 Å². The molecule has 1 aromatic rings. The summed E-state index contributed by atoms with van der Waals surface area (Å²) in [5.74, 6) is 0.119. The number of carbonyl (C=O) groups excluding carboxylic acids is 2. The zero-order valence-electron chi connectivity index (χ0n) is 11.8. The minimum atomic E-state index is -0.112. The van der Waals surface area contributed by atoms with Crippen LogP contribution in [0.15, 0.2) is 34.8 Å². The van der Waals surface area contributed by atoms with Crippen LogP contribution in [0.4, 0.5) is 0 Å². The fraction of sp³-hybridized carbons (Fsp3) is 0.375. The van der Waals surface area contributed by atoms with Crippen molar-refractivity contribution in [2.24, 2.45) is 0 Å². The molecule has 1 fully saturated rings. The topological polar surface area (TPSA) is 49.4 Å². The molecule has 2 rings (SSSR count). The van der Waals surface area contributed by atoms with E-state index in [1.807, 2.05) is 29.2 Å². The Labute approximate surface area is 133 Å². The minimum absolute atomic E-state index is 0.112. The Bertz CT molecular complexity index is 543. The number of nitrogens with zero attached hydrogens (tertiary/aromatic N) is 1. The van der Waals surface area contributed by atoms with Gasteiger partial charge in [0.25, 0.3) is 0 Å². The van der Waals surface area contributed by atoms with Crippen molar-refractivity contribution < 1.29 is 9.59 Å². The van der Waals surface area contributed by atoms with Crippen molar-refractivity contribution in [1.29, 1.82) is 0 Å².